The monoisotopic (exact) mass is 436 g/mol. The molecule has 8 heteroatoms. The maximum Gasteiger partial charge on any atom is 0.226 e. The van der Waals surface area contributed by atoms with Gasteiger partial charge < -0.3 is 14.8 Å². The molecule has 3 heterocycles. The summed E-state index contributed by atoms with van der Waals surface area (Å²) < 4.78 is 13.1. The summed E-state index contributed by atoms with van der Waals surface area (Å²) in [5, 5.41) is 10.2. The first kappa shape index (κ1) is 19.8. The van der Waals surface area contributed by atoms with Crippen molar-refractivity contribution in [3.05, 3.63) is 52.5 Å². The molecule has 1 N–H and O–H groups in total. The van der Waals surface area contributed by atoms with Gasteiger partial charge in [-0.05, 0) is 29.3 Å². The summed E-state index contributed by atoms with van der Waals surface area (Å²) in [4.78, 5) is 19.1. The average molecular weight is 437 g/mol. The fraction of sp³-hybridized carbons (Fsp3) is 0.348. The number of nitrogens with one attached hydrogen (secondary N) is 1. The van der Waals surface area contributed by atoms with Gasteiger partial charge in [-0.2, -0.15) is 4.98 Å². The number of aromatic nitrogens is 3. The van der Waals surface area contributed by atoms with Gasteiger partial charge in [0.15, 0.2) is 23.1 Å². The quantitative estimate of drug-likeness (QED) is 0.640. The number of thiophene rings is 1. The van der Waals surface area contributed by atoms with Crippen LogP contribution in [0.25, 0.3) is 10.7 Å². The maximum atomic E-state index is 13.4. The first-order chi connectivity index (χ1) is 14.9. The second kappa shape index (κ2) is 7.23. The number of fused-ring (bicyclic) bond motifs is 1. The van der Waals surface area contributed by atoms with Crippen molar-refractivity contribution in [2.45, 2.75) is 32.7 Å². The number of methoxy groups -OCH3 is 2. The lowest BCUT2D eigenvalue weighted by atomic mass is 9.73. The van der Waals surface area contributed by atoms with Gasteiger partial charge in [0.1, 0.15) is 6.04 Å². The molecule has 0 fully saturated rings. The molecule has 0 saturated carbocycles. The van der Waals surface area contributed by atoms with Gasteiger partial charge in [-0.3, -0.25) is 4.79 Å². The van der Waals surface area contributed by atoms with Crippen LogP contribution in [0.2, 0.25) is 0 Å². The molecule has 3 aromatic rings. The standard InChI is InChI=1S/C23H24N4O3S/c1-23(2)11-14-18(15(28)12-23)19(13-7-5-8-16(29-3)20(13)30-4)27-22(24-14)25-21(26-27)17-9-6-10-31-17/h5-10,19H,11-12H2,1-4H3,(H,24,25,26). The molecule has 31 heavy (non-hydrogen) atoms. The van der Waals surface area contributed by atoms with Gasteiger partial charge in [0.25, 0.3) is 0 Å². The highest BCUT2D eigenvalue weighted by Gasteiger charge is 2.43. The fourth-order valence-electron chi connectivity index (χ4n) is 4.53. The Hall–Kier alpha value is -3.13. The number of Topliss-reactive ketones (excluding diaryl/α,β-unsaturated/α-hetero) is 1. The van der Waals surface area contributed by atoms with Gasteiger partial charge in [0, 0.05) is 23.3 Å². The number of anilines is 1. The summed E-state index contributed by atoms with van der Waals surface area (Å²) in [5.74, 6) is 2.59. The molecule has 1 atom stereocenters. The van der Waals surface area contributed by atoms with Crippen molar-refractivity contribution in [2.75, 3.05) is 19.5 Å². The third-order valence-electron chi connectivity index (χ3n) is 5.80. The lowest BCUT2D eigenvalue weighted by Gasteiger charge is -2.38. The molecule has 1 unspecified atom stereocenters. The van der Waals surface area contributed by atoms with E-state index in [1.54, 1.807) is 30.2 Å². The van der Waals surface area contributed by atoms with E-state index in [-0.39, 0.29) is 11.2 Å². The molecule has 7 nitrogen and oxygen atoms in total. The van der Waals surface area contributed by atoms with Gasteiger partial charge in [0.2, 0.25) is 5.95 Å². The van der Waals surface area contributed by atoms with Crippen molar-refractivity contribution < 1.29 is 14.3 Å². The van der Waals surface area contributed by atoms with Gasteiger partial charge in [0.05, 0.1) is 19.1 Å². The van der Waals surface area contributed by atoms with E-state index in [1.807, 2.05) is 35.7 Å². The molecule has 0 radical (unpaired) electrons. The van der Waals surface area contributed by atoms with Gasteiger partial charge >= 0.3 is 0 Å². The van der Waals surface area contributed by atoms with Crippen LogP contribution < -0.4 is 14.8 Å². The van der Waals surface area contributed by atoms with Crippen LogP contribution in [0.4, 0.5) is 5.95 Å². The predicted octanol–water partition coefficient (Wildman–Crippen LogP) is 4.68. The summed E-state index contributed by atoms with van der Waals surface area (Å²) in [6.45, 7) is 4.24. The van der Waals surface area contributed by atoms with Crippen molar-refractivity contribution in [1.29, 1.82) is 0 Å². The Kier molecular flexibility index (Phi) is 4.62. The Labute approximate surface area is 184 Å². The highest BCUT2D eigenvalue weighted by Crippen LogP contribution is 2.48. The number of nitrogens with zero attached hydrogens (tertiary/aromatic N) is 3. The number of para-hydroxylation sites is 1. The number of allylic oxidation sites excluding steroid dienone is 2. The summed E-state index contributed by atoms with van der Waals surface area (Å²) >= 11 is 1.58. The van der Waals surface area contributed by atoms with Gasteiger partial charge in [-0.15, -0.1) is 16.4 Å². The molecule has 2 aromatic heterocycles. The van der Waals surface area contributed by atoms with E-state index in [0.717, 1.165) is 28.1 Å². The molecule has 0 amide bonds. The summed E-state index contributed by atoms with van der Waals surface area (Å²) in [5.41, 5.74) is 2.34. The van der Waals surface area contributed by atoms with Crippen molar-refractivity contribution in [3.8, 4) is 22.2 Å². The van der Waals surface area contributed by atoms with Crippen LogP contribution in [0.1, 0.15) is 38.3 Å². The third-order valence-corrected chi connectivity index (χ3v) is 6.67. The van der Waals surface area contributed by atoms with Gasteiger partial charge in [-0.1, -0.05) is 32.0 Å². The SMILES string of the molecule is COc1cccc(C2C3=C(CC(C)(C)CC3=O)Nc3nc(-c4cccs4)nn32)c1OC. The first-order valence-corrected chi connectivity index (χ1v) is 11.0. The zero-order chi connectivity index (χ0) is 21.8. The minimum Gasteiger partial charge on any atom is -0.493 e. The number of carbonyl (C=O) groups excluding carboxylic acids is 1. The van der Waals surface area contributed by atoms with E-state index in [1.165, 1.54) is 0 Å². The van der Waals surface area contributed by atoms with Crippen molar-refractivity contribution in [2.24, 2.45) is 5.41 Å². The molecule has 0 saturated heterocycles. The smallest absolute Gasteiger partial charge is 0.226 e. The Balaban J connectivity index is 1.74. The second-order valence-electron chi connectivity index (χ2n) is 8.62. The molecule has 1 aliphatic heterocycles. The zero-order valence-corrected chi connectivity index (χ0v) is 18.7. The molecule has 1 aromatic carbocycles. The topological polar surface area (TPSA) is 78.3 Å². The Morgan fingerprint density at radius 3 is 2.71 bits per heavy atom. The van der Waals surface area contributed by atoms with Crippen molar-refractivity contribution in [3.63, 3.8) is 0 Å². The lowest BCUT2D eigenvalue weighted by molar-refractivity contribution is -0.118. The third kappa shape index (κ3) is 3.22. The van der Waals surface area contributed by atoms with Crippen molar-refractivity contribution in [1.82, 2.24) is 14.8 Å². The number of rotatable bonds is 4. The second-order valence-corrected chi connectivity index (χ2v) is 9.57. The molecule has 160 valence electrons. The molecule has 0 bridgehead atoms. The van der Waals surface area contributed by atoms with E-state index in [9.17, 15) is 4.79 Å². The van der Waals surface area contributed by atoms with E-state index >= 15 is 0 Å². The Morgan fingerprint density at radius 2 is 2.00 bits per heavy atom. The molecule has 0 spiro atoms. The van der Waals surface area contributed by atoms with Crippen LogP contribution in [0.5, 0.6) is 11.5 Å². The number of ether oxygens (including phenoxy) is 2. The van der Waals surface area contributed by atoms with Crippen LogP contribution in [0.15, 0.2) is 47.0 Å². The summed E-state index contributed by atoms with van der Waals surface area (Å²) in [6.07, 6.45) is 1.25. The van der Waals surface area contributed by atoms with E-state index < -0.39 is 6.04 Å². The predicted molar refractivity (Wildman–Crippen MR) is 120 cm³/mol. The minimum absolute atomic E-state index is 0.118. The van der Waals surface area contributed by atoms with Crippen molar-refractivity contribution >= 4 is 23.1 Å². The van der Waals surface area contributed by atoms with E-state index in [4.69, 9.17) is 19.6 Å². The molecular formula is C23H24N4O3S. The number of hydrogen-bond acceptors (Lipinski definition) is 7. The number of benzene rings is 1. The first-order valence-electron chi connectivity index (χ1n) is 10.2. The average Bonchev–Trinajstić information content (AvgIpc) is 3.40. The van der Waals surface area contributed by atoms with E-state index in [2.05, 4.69) is 19.2 Å². The number of hydrogen-bond donors (Lipinski definition) is 1. The van der Waals surface area contributed by atoms with E-state index in [0.29, 0.717) is 29.7 Å². The van der Waals surface area contributed by atoms with Crippen LogP contribution in [0, 0.1) is 5.41 Å². The van der Waals surface area contributed by atoms with Crippen LogP contribution >= 0.6 is 11.3 Å². The number of carbonyl (C=O) groups is 1. The fourth-order valence-corrected chi connectivity index (χ4v) is 5.19. The van der Waals surface area contributed by atoms with Crippen LogP contribution in [0.3, 0.4) is 0 Å². The highest BCUT2D eigenvalue weighted by atomic mass is 32.1. The maximum absolute atomic E-state index is 13.4. The Morgan fingerprint density at radius 1 is 1.16 bits per heavy atom. The highest BCUT2D eigenvalue weighted by molar-refractivity contribution is 7.13. The molecular weight excluding hydrogens is 412 g/mol. The zero-order valence-electron chi connectivity index (χ0n) is 17.9. The number of ketones is 1. The summed E-state index contributed by atoms with van der Waals surface area (Å²) in [7, 11) is 3.22. The van der Waals surface area contributed by atoms with Crippen LogP contribution in [-0.4, -0.2) is 34.8 Å². The molecule has 5 rings (SSSR count). The van der Waals surface area contributed by atoms with Crippen LogP contribution in [-0.2, 0) is 4.79 Å². The summed E-state index contributed by atoms with van der Waals surface area (Å²) in [6, 6.07) is 9.25. The Bertz CT molecular complexity index is 1190. The van der Waals surface area contributed by atoms with Gasteiger partial charge in [-0.25, -0.2) is 4.68 Å². The normalized spacial score (nSPS) is 19.5. The lowest BCUT2D eigenvalue weighted by Crippen LogP contribution is -2.36. The molecule has 2 aliphatic rings. The molecule has 1 aliphatic carbocycles. The minimum atomic E-state index is -0.443. The largest absolute Gasteiger partial charge is 0.493 e.